The molecule has 0 atom stereocenters. The molecule has 2 N–H and O–H groups in total. The smallest absolute Gasteiger partial charge is 0.129 e. The van der Waals surface area contributed by atoms with Gasteiger partial charge in [0, 0.05) is 0 Å². The summed E-state index contributed by atoms with van der Waals surface area (Å²) in [6, 6.07) is 24.4. The Morgan fingerprint density at radius 1 is 0.517 bits per heavy atom. The van der Waals surface area contributed by atoms with Gasteiger partial charge in [-0.05, 0) is 69.5 Å². The minimum Gasteiger partial charge on any atom is -0.507 e. The number of benzene rings is 4. The Hall–Kier alpha value is -3.17. The van der Waals surface area contributed by atoms with Crippen LogP contribution in [0.1, 0.15) is 22.3 Å². The number of rotatable bonds is 2. The molecule has 0 saturated carbocycles. The summed E-state index contributed by atoms with van der Waals surface area (Å²) in [4.78, 5) is 1.69. The average molecular weight is 394 g/mol. The van der Waals surface area contributed by atoms with Gasteiger partial charge in [0.25, 0.3) is 0 Å². The standard InChI is InChI=1S/C26H18O2S/c27-23-11-9-19-17-7-3-1-5-15(17)13-21(19)25(23)29-26-22-14-16-6-2-4-8-18(16)20(22)10-12-24(26)28/h1-12,27-28H,13-14H2. The van der Waals surface area contributed by atoms with Crippen LogP contribution >= 0.6 is 11.8 Å². The molecule has 0 heterocycles. The SMILES string of the molecule is Oc1ccc2c(c1Sc1c(O)ccc3c1Cc1ccccc1-3)Cc1ccccc1-2. The first-order valence-corrected chi connectivity index (χ1v) is 10.6. The lowest BCUT2D eigenvalue weighted by Crippen LogP contribution is -1.91. The van der Waals surface area contributed by atoms with Gasteiger partial charge in [0.15, 0.2) is 0 Å². The molecule has 3 heteroatoms. The van der Waals surface area contributed by atoms with E-state index in [1.54, 1.807) is 12.1 Å². The van der Waals surface area contributed by atoms with Gasteiger partial charge in [-0.3, -0.25) is 0 Å². The molecule has 0 aliphatic heterocycles. The lowest BCUT2D eigenvalue weighted by atomic mass is 10.1. The quantitative estimate of drug-likeness (QED) is 0.357. The van der Waals surface area contributed by atoms with E-state index in [4.69, 9.17) is 0 Å². The Labute approximate surface area is 173 Å². The minimum absolute atomic E-state index is 0.272. The van der Waals surface area contributed by atoms with Crippen LogP contribution in [0.5, 0.6) is 11.5 Å². The zero-order valence-electron chi connectivity index (χ0n) is 15.6. The third-order valence-electron chi connectivity index (χ3n) is 6.03. The van der Waals surface area contributed by atoms with Gasteiger partial charge in [-0.2, -0.15) is 0 Å². The van der Waals surface area contributed by atoms with Crippen LogP contribution in [0.25, 0.3) is 22.3 Å². The van der Waals surface area contributed by atoms with Crippen molar-refractivity contribution in [3.63, 3.8) is 0 Å². The molecule has 0 spiro atoms. The van der Waals surface area contributed by atoms with E-state index in [-0.39, 0.29) is 11.5 Å². The predicted molar refractivity (Wildman–Crippen MR) is 117 cm³/mol. The Balaban J connectivity index is 1.49. The molecule has 0 radical (unpaired) electrons. The molecule has 0 fully saturated rings. The van der Waals surface area contributed by atoms with Crippen LogP contribution < -0.4 is 0 Å². The van der Waals surface area contributed by atoms with Crippen LogP contribution in [0.15, 0.2) is 82.6 Å². The predicted octanol–water partition coefficient (Wildman–Crippen LogP) is 6.39. The second-order valence-corrected chi connectivity index (χ2v) is 8.67. The summed E-state index contributed by atoms with van der Waals surface area (Å²) >= 11 is 1.49. The molecule has 2 nitrogen and oxygen atoms in total. The summed E-state index contributed by atoms with van der Waals surface area (Å²) < 4.78 is 0. The molecule has 29 heavy (non-hydrogen) atoms. The van der Waals surface area contributed by atoms with Crippen molar-refractivity contribution >= 4 is 11.8 Å². The molecular weight excluding hydrogens is 376 g/mol. The Bertz CT molecular complexity index is 1210. The van der Waals surface area contributed by atoms with Gasteiger partial charge >= 0.3 is 0 Å². The van der Waals surface area contributed by atoms with Crippen LogP contribution in [0.4, 0.5) is 0 Å². The number of hydrogen-bond acceptors (Lipinski definition) is 3. The second kappa shape index (κ2) is 6.16. The van der Waals surface area contributed by atoms with E-state index in [1.165, 1.54) is 45.1 Å². The maximum atomic E-state index is 10.7. The van der Waals surface area contributed by atoms with Crippen LogP contribution in [0, 0.1) is 0 Å². The van der Waals surface area contributed by atoms with Gasteiger partial charge in [-0.15, -0.1) is 0 Å². The van der Waals surface area contributed by atoms with Gasteiger partial charge in [-0.25, -0.2) is 0 Å². The fourth-order valence-electron chi connectivity index (χ4n) is 4.67. The largest absolute Gasteiger partial charge is 0.507 e. The summed E-state index contributed by atoms with van der Waals surface area (Å²) in [6.07, 6.45) is 1.61. The maximum absolute atomic E-state index is 10.7. The summed E-state index contributed by atoms with van der Waals surface area (Å²) in [5.41, 5.74) is 9.67. The van der Waals surface area contributed by atoms with E-state index in [0.29, 0.717) is 0 Å². The lowest BCUT2D eigenvalue weighted by Gasteiger charge is -2.14. The lowest BCUT2D eigenvalue weighted by molar-refractivity contribution is 0.458. The molecule has 140 valence electrons. The van der Waals surface area contributed by atoms with Crippen LogP contribution in [0.3, 0.4) is 0 Å². The number of phenolic OH excluding ortho intramolecular Hbond substituents is 2. The number of hydrogen-bond donors (Lipinski definition) is 2. The first-order chi connectivity index (χ1) is 14.2. The van der Waals surface area contributed by atoms with Gasteiger partial charge in [0.1, 0.15) is 11.5 Å². The first kappa shape index (κ1) is 16.8. The third kappa shape index (κ3) is 2.44. The second-order valence-electron chi connectivity index (χ2n) is 7.65. The van der Waals surface area contributed by atoms with E-state index in [1.807, 2.05) is 12.1 Å². The normalized spacial score (nSPS) is 13.0. The molecule has 4 aromatic rings. The number of fused-ring (bicyclic) bond motifs is 6. The van der Waals surface area contributed by atoms with E-state index in [9.17, 15) is 10.2 Å². The Morgan fingerprint density at radius 2 is 0.966 bits per heavy atom. The molecule has 0 amide bonds. The van der Waals surface area contributed by atoms with Crippen molar-refractivity contribution in [2.75, 3.05) is 0 Å². The van der Waals surface area contributed by atoms with Gasteiger partial charge in [0.05, 0.1) is 9.79 Å². The topological polar surface area (TPSA) is 40.5 Å². The summed E-state index contributed by atoms with van der Waals surface area (Å²) in [7, 11) is 0. The summed E-state index contributed by atoms with van der Waals surface area (Å²) in [5.74, 6) is 0.545. The number of aromatic hydroxyl groups is 2. The molecule has 4 aromatic carbocycles. The molecule has 2 aliphatic carbocycles. The maximum Gasteiger partial charge on any atom is 0.129 e. The van der Waals surface area contributed by atoms with E-state index in [2.05, 4.69) is 48.5 Å². The van der Waals surface area contributed by atoms with Crippen molar-refractivity contribution in [3.8, 4) is 33.8 Å². The highest BCUT2D eigenvalue weighted by molar-refractivity contribution is 7.99. The fourth-order valence-corrected chi connectivity index (χ4v) is 5.83. The van der Waals surface area contributed by atoms with Crippen LogP contribution in [0.2, 0.25) is 0 Å². The average Bonchev–Trinajstić information content (AvgIpc) is 3.30. The van der Waals surface area contributed by atoms with Gasteiger partial charge < -0.3 is 10.2 Å². The van der Waals surface area contributed by atoms with Crippen LogP contribution in [-0.2, 0) is 12.8 Å². The molecule has 0 unspecified atom stereocenters. The van der Waals surface area contributed by atoms with Crippen molar-refractivity contribution in [1.29, 1.82) is 0 Å². The van der Waals surface area contributed by atoms with Crippen molar-refractivity contribution < 1.29 is 10.2 Å². The van der Waals surface area contributed by atoms with E-state index < -0.39 is 0 Å². The van der Waals surface area contributed by atoms with Crippen LogP contribution in [-0.4, -0.2) is 10.2 Å². The Kier molecular flexibility index (Phi) is 3.56. The molecule has 2 aliphatic rings. The fraction of sp³-hybridized carbons (Fsp3) is 0.0769. The number of phenols is 2. The van der Waals surface area contributed by atoms with Crippen molar-refractivity contribution in [3.05, 3.63) is 95.1 Å². The first-order valence-electron chi connectivity index (χ1n) is 9.75. The van der Waals surface area contributed by atoms with Crippen molar-refractivity contribution in [2.45, 2.75) is 22.6 Å². The highest BCUT2D eigenvalue weighted by atomic mass is 32.2. The van der Waals surface area contributed by atoms with Crippen molar-refractivity contribution in [2.24, 2.45) is 0 Å². The zero-order valence-corrected chi connectivity index (χ0v) is 16.5. The summed E-state index contributed by atoms with van der Waals surface area (Å²) in [5, 5.41) is 21.5. The third-order valence-corrected chi connectivity index (χ3v) is 7.35. The monoisotopic (exact) mass is 394 g/mol. The van der Waals surface area contributed by atoms with Gasteiger partial charge in [0.2, 0.25) is 0 Å². The van der Waals surface area contributed by atoms with Gasteiger partial charge in [-0.1, -0.05) is 72.4 Å². The zero-order chi connectivity index (χ0) is 19.5. The Morgan fingerprint density at radius 3 is 1.45 bits per heavy atom. The minimum atomic E-state index is 0.272. The van der Waals surface area contributed by atoms with E-state index in [0.717, 1.165) is 33.8 Å². The van der Waals surface area contributed by atoms with Crippen molar-refractivity contribution in [1.82, 2.24) is 0 Å². The molecule has 0 aromatic heterocycles. The molecule has 0 bridgehead atoms. The molecular formula is C26H18O2S. The highest BCUT2D eigenvalue weighted by Gasteiger charge is 2.27. The highest BCUT2D eigenvalue weighted by Crippen LogP contribution is 2.52. The molecule has 6 rings (SSSR count). The van der Waals surface area contributed by atoms with E-state index >= 15 is 0 Å². The summed E-state index contributed by atoms with van der Waals surface area (Å²) in [6.45, 7) is 0. The molecule has 0 saturated heterocycles.